The summed E-state index contributed by atoms with van der Waals surface area (Å²) in [5.74, 6) is -0.921. The van der Waals surface area contributed by atoms with E-state index in [2.05, 4.69) is 16.8 Å². The number of aromatic nitrogens is 1. The number of aliphatic carboxylic acids is 1. The first-order valence-electron chi connectivity index (χ1n) is 6.77. The monoisotopic (exact) mass is 302 g/mol. The number of hydrogen-bond acceptors (Lipinski definition) is 4. The van der Waals surface area contributed by atoms with Crippen LogP contribution < -0.4 is 0 Å². The number of carboxylic acids is 1. The number of thiophene rings is 1. The van der Waals surface area contributed by atoms with E-state index in [1.54, 1.807) is 17.4 Å². The molecule has 2 aromatic heterocycles. The maximum absolute atomic E-state index is 10.5. The van der Waals surface area contributed by atoms with Crippen LogP contribution in [-0.2, 0) is 17.9 Å². The number of hydrogen-bond donors (Lipinski definition) is 1. The van der Waals surface area contributed by atoms with Crippen LogP contribution >= 0.6 is 11.3 Å². The van der Waals surface area contributed by atoms with Gasteiger partial charge in [-0.15, -0.1) is 11.3 Å². The predicted octanol–water partition coefficient (Wildman–Crippen LogP) is 3.26. The SMILES string of the molecule is CCN(Cc1ccncc1)Cc1cc(C=CC(=O)O)cs1. The lowest BCUT2D eigenvalue weighted by Crippen LogP contribution is -2.21. The molecule has 21 heavy (non-hydrogen) atoms. The first kappa shape index (κ1) is 15.4. The summed E-state index contributed by atoms with van der Waals surface area (Å²) in [6.45, 7) is 4.85. The molecule has 0 aliphatic rings. The molecule has 5 heteroatoms. The Balaban J connectivity index is 1.97. The molecule has 0 aliphatic heterocycles. The van der Waals surface area contributed by atoms with Crippen LogP contribution in [0.1, 0.15) is 22.9 Å². The van der Waals surface area contributed by atoms with E-state index in [-0.39, 0.29) is 0 Å². The maximum atomic E-state index is 10.5. The highest BCUT2D eigenvalue weighted by Gasteiger charge is 2.07. The van der Waals surface area contributed by atoms with E-state index < -0.39 is 5.97 Å². The van der Waals surface area contributed by atoms with Crippen molar-refractivity contribution >= 4 is 23.4 Å². The molecule has 0 bridgehead atoms. The van der Waals surface area contributed by atoms with Gasteiger partial charge in [-0.3, -0.25) is 9.88 Å². The van der Waals surface area contributed by atoms with Gasteiger partial charge in [0, 0.05) is 36.4 Å². The van der Waals surface area contributed by atoms with Crippen molar-refractivity contribution < 1.29 is 9.90 Å². The van der Waals surface area contributed by atoms with Gasteiger partial charge < -0.3 is 5.11 Å². The van der Waals surface area contributed by atoms with E-state index in [0.29, 0.717) is 0 Å². The van der Waals surface area contributed by atoms with Crippen molar-refractivity contribution in [2.45, 2.75) is 20.0 Å². The maximum Gasteiger partial charge on any atom is 0.328 e. The summed E-state index contributed by atoms with van der Waals surface area (Å²) in [6, 6.07) is 6.09. The summed E-state index contributed by atoms with van der Waals surface area (Å²) in [5, 5.41) is 10.6. The molecule has 2 heterocycles. The minimum absolute atomic E-state index is 0.865. The third kappa shape index (κ3) is 5.13. The highest BCUT2D eigenvalue weighted by molar-refractivity contribution is 7.10. The van der Waals surface area contributed by atoms with E-state index >= 15 is 0 Å². The lowest BCUT2D eigenvalue weighted by molar-refractivity contribution is -0.131. The quantitative estimate of drug-likeness (QED) is 0.798. The summed E-state index contributed by atoms with van der Waals surface area (Å²) < 4.78 is 0. The molecule has 2 aromatic rings. The Bertz CT molecular complexity index is 608. The Labute approximate surface area is 128 Å². The Morgan fingerprint density at radius 3 is 2.81 bits per heavy atom. The predicted molar refractivity (Wildman–Crippen MR) is 85.0 cm³/mol. The summed E-state index contributed by atoms with van der Waals surface area (Å²) in [6.07, 6.45) is 6.41. The number of nitrogens with zero attached hydrogens (tertiary/aromatic N) is 2. The normalized spacial score (nSPS) is 11.3. The van der Waals surface area contributed by atoms with E-state index in [1.165, 1.54) is 16.5 Å². The van der Waals surface area contributed by atoms with E-state index in [0.717, 1.165) is 25.2 Å². The molecule has 0 unspecified atom stereocenters. The third-order valence-electron chi connectivity index (χ3n) is 3.07. The number of carbonyl (C=O) groups is 1. The second-order valence-corrected chi connectivity index (χ2v) is 5.67. The van der Waals surface area contributed by atoms with Crippen molar-refractivity contribution in [2.75, 3.05) is 6.54 Å². The molecule has 2 rings (SSSR count). The second kappa shape index (κ2) is 7.71. The van der Waals surface area contributed by atoms with Crippen LogP contribution in [0, 0.1) is 0 Å². The van der Waals surface area contributed by atoms with Crippen molar-refractivity contribution in [2.24, 2.45) is 0 Å². The van der Waals surface area contributed by atoms with Gasteiger partial charge in [-0.25, -0.2) is 4.79 Å². The first-order valence-corrected chi connectivity index (χ1v) is 7.65. The minimum atomic E-state index is -0.921. The van der Waals surface area contributed by atoms with Crippen LogP contribution in [0.4, 0.5) is 0 Å². The Hall–Kier alpha value is -1.98. The zero-order chi connectivity index (χ0) is 15.1. The molecule has 0 radical (unpaired) electrons. The Kier molecular flexibility index (Phi) is 5.66. The molecule has 0 fully saturated rings. The van der Waals surface area contributed by atoms with Gasteiger partial charge in [-0.05, 0) is 47.3 Å². The zero-order valence-corrected chi connectivity index (χ0v) is 12.7. The molecule has 0 atom stereocenters. The lowest BCUT2D eigenvalue weighted by atomic mass is 10.2. The minimum Gasteiger partial charge on any atom is -0.478 e. The molecule has 0 aromatic carbocycles. The average molecular weight is 302 g/mol. The van der Waals surface area contributed by atoms with Gasteiger partial charge in [-0.2, -0.15) is 0 Å². The summed E-state index contributed by atoms with van der Waals surface area (Å²) >= 11 is 1.66. The van der Waals surface area contributed by atoms with Gasteiger partial charge in [0.15, 0.2) is 0 Å². The topological polar surface area (TPSA) is 53.4 Å². The molecule has 110 valence electrons. The summed E-state index contributed by atoms with van der Waals surface area (Å²) in [5.41, 5.74) is 2.19. The van der Waals surface area contributed by atoms with Crippen LogP contribution in [0.3, 0.4) is 0 Å². The molecule has 1 N–H and O–H groups in total. The van der Waals surface area contributed by atoms with Gasteiger partial charge >= 0.3 is 5.97 Å². The number of rotatable bonds is 7. The smallest absolute Gasteiger partial charge is 0.328 e. The second-order valence-electron chi connectivity index (χ2n) is 4.68. The van der Waals surface area contributed by atoms with Crippen LogP contribution in [-0.4, -0.2) is 27.5 Å². The third-order valence-corrected chi connectivity index (χ3v) is 4.01. The Morgan fingerprint density at radius 1 is 1.38 bits per heavy atom. The molecular formula is C16H18N2O2S. The molecule has 0 aliphatic carbocycles. The highest BCUT2D eigenvalue weighted by Crippen LogP contribution is 2.19. The molecule has 0 spiro atoms. The highest BCUT2D eigenvalue weighted by atomic mass is 32.1. The van der Waals surface area contributed by atoms with Crippen molar-refractivity contribution in [3.8, 4) is 0 Å². The van der Waals surface area contributed by atoms with Crippen molar-refractivity contribution in [3.63, 3.8) is 0 Å². The van der Waals surface area contributed by atoms with Crippen LogP contribution in [0.15, 0.2) is 42.0 Å². The van der Waals surface area contributed by atoms with Gasteiger partial charge in [0.2, 0.25) is 0 Å². The first-order chi connectivity index (χ1) is 10.2. The fraction of sp³-hybridized carbons (Fsp3) is 0.250. The molecular weight excluding hydrogens is 284 g/mol. The van der Waals surface area contributed by atoms with E-state index in [4.69, 9.17) is 5.11 Å². The van der Waals surface area contributed by atoms with Gasteiger partial charge in [0.25, 0.3) is 0 Å². The van der Waals surface area contributed by atoms with E-state index in [9.17, 15) is 4.79 Å². The Morgan fingerprint density at radius 2 is 2.14 bits per heavy atom. The fourth-order valence-electron chi connectivity index (χ4n) is 1.98. The van der Waals surface area contributed by atoms with Crippen LogP contribution in [0.2, 0.25) is 0 Å². The van der Waals surface area contributed by atoms with Gasteiger partial charge in [0.1, 0.15) is 0 Å². The summed E-state index contributed by atoms with van der Waals surface area (Å²) in [4.78, 5) is 18.1. The molecule has 0 amide bonds. The number of carboxylic acid groups (broad SMARTS) is 1. The largest absolute Gasteiger partial charge is 0.478 e. The molecule has 4 nitrogen and oxygen atoms in total. The lowest BCUT2D eigenvalue weighted by Gasteiger charge is -2.19. The van der Waals surface area contributed by atoms with Crippen molar-refractivity contribution in [3.05, 3.63) is 58.1 Å². The molecule has 0 saturated carbocycles. The van der Waals surface area contributed by atoms with Crippen LogP contribution in [0.5, 0.6) is 0 Å². The van der Waals surface area contributed by atoms with Gasteiger partial charge in [-0.1, -0.05) is 6.92 Å². The number of pyridine rings is 1. The zero-order valence-electron chi connectivity index (χ0n) is 11.9. The standard InChI is InChI=1S/C16H18N2O2S/c1-2-18(10-13-5-7-17-8-6-13)11-15-9-14(12-21-15)3-4-16(19)20/h3-9,12H,2,10-11H2,1H3,(H,19,20). The average Bonchev–Trinajstić information content (AvgIpc) is 2.93. The van der Waals surface area contributed by atoms with Gasteiger partial charge in [0.05, 0.1) is 0 Å². The van der Waals surface area contributed by atoms with Crippen molar-refractivity contribution in [1.29, 1.82) is 0 Å². The molecule has 0 saturated heterocycles. The fourth-order valence-corrected chi connectivity index (χ4v) is 2.88. The van der Waals surface area contributed by atoms with Crippen LogP contribution in [0.25, 0.3) is 6.08 Å². The van der Waals surface area contributed by atoms with E-state index in [1.807, 2.05) is 36.0 Å². The summed E-state index contributed by atoms with van der Waals surface area (Å²) in [7, 11) is 0. The van der Waals surface area contributed by atoms with Crippen molar-refractivity contribution in [1.82, 2.24) is 9.88 Å².